The highest BCUT2D eigenvalue weighted by atomic mass is 16.3. The van der Waals surface area contributed by atoms with E-state index in [4.69, 9.17) is 10.2 Å². The number of amides is 1. The van der Waals surface area contributed by atoms with Crippen LogP contribution in [-0.2, 0) is 6.54 Å². The van der Waals surface area contributed by atoms with Crippen molar-refractivity contribution >= 4 is 11.6 Å². The number of furan rings is 1. The van der Waals surface area contributed by atoms with Crippen LogP contribution in [0.25, 0.3) is 0 Å². The Bertz CT molecular complexity index is 678. The Morgan fingerprint density at radius 2 is 1.96 bits per heavy atom. The summed E-state index contributed by atoms with van der Waals surface area (Å²) >= 11 is 0. The number of nitrogens with one attached hydrogen (secondary N) is 1. The second kappa shape index (κ2) is 8.18. The maximum atomic E-state index is 12.2. The van der Waals surface area contributed by atoms with E-state index in [-0.39, 0.29) is 11.9 Å². The van der Waals surface area contributed by atoms with Crippen molar-refractivity contribution in [1.29, 1.82) is 0 Å². The van der Waals surface area contributed by atoms with E-state index in [0.29, 0.717) is 17.9 Å². The van der Waals surface area contributed by atoms with E-state index in [9.17, 15) is 4.79 Å². The van der Waals surface area contributed by atoms with Gasteiger partial charge in [0.2, 0.25) is 0 Å². The van der Waals surface area contributed by atoms with Gasteiger partial charge in [-0.1, -0.05) is 18.2 Å². The molecule has 0 bridgehead atoms. The summed E-state index contributed by atoms with van der Waals surface area (Å²) < 4.78 is 5.22. The van der Waals surface area contributed by atoms with Crippen molar-refractivity contribution in [2.24, 2.45) is 5.73 Å². The van der Waals surface area contributed by atoms with Crippen molar-refractivity contribution in [2.75, 3.05) is 37.6 Å². The Hall–Kier alpha value is -2.31. The van der Waals surface area contributed by atoms with E-state index >= 15 is 0 Å². The second-order valence-electron chi connectivity index (χ2n) is 6.50. The number of para-hydroxylation sites is 1. The molecular formula is C19H26N4O2. The summed E-state index contributed by atoms with van der Waals surface area (Å²) in [6, 6.07) is 12.3. The van der Waals surface area contributed by atoms with E-state index in [1.807, 2.05) is 13.0 Å². The highest BCUT2D eigenvalue weighted by Gasteiger charge is 2.20. The number of carbonyl (C=O) groups excluding carboxylic acids is 1. The second-order valence-corrected chi connectivity index (χ2v) is 6.50. The Labute approximate surface area is 148 Å². The van der Waals surface area contributed by atoms with E-state index < -0.39 is 0 Å². The molecule has 3 N–H and O–H groups in total. The minimum absolute atomic E-state index is 0.0759. The van der Waals surface area contributed by atoms with Crippen LogP contribution in [0.15, 0.2) is 47.1 Å². The zero-order valence-corrected chi connectivity index (χ0v) is 14.6. The van der Waals surface area contributed by atoms with Gasteiger partial charge in [-0.3, -0.25) is 9.69 Å². The maximum Gasteiger partial charge on any atom is 0.254 e. The lowest BCUT2D eigenvalue weighted by Gasteiger charge is -2.37. The van der Waals surface area contributed by atoms with Crippen LogP contribution >= 0.6 is 0 Å². The number of rotatable bonds is 6. The van der Waals surface area contributed by atoms with Crippen molar-refractivity contribution in [3.05, 3.63) is 54.0 Å². The van der Waals surface area contributed by atoms with E-state index in [0.717, 1.165) is 32.7 Å². The first kappa shape index (κ1) is 17.5. The van der Waals surface area contributed by atoms with Gasteiger partial charge in [0.1, 0.15) is 12.0 Å². The first-order valence-corrected chi connectivity index (χ1v) is 8.76. The highest BCUT2D eigenvalue weighted by Crippen LogP contribution is 2.15. The summed E-state index contributed by atoms with van der Waals surface area (Å²) in [5.74, 6) is 0.508. The smallest absolute Gasteiger partial charge is 0.254 e. The van der Waals surface area contributed by atoms with Gasteiger partial charge in [-0.25, -0.2) is 0 Å². The molecule has 2 heterocycles. The molecule has 1 aliphatic heterocycles. The van der Waals surface area contributed by atoms with Crippen LogP contribution in [0.4, 0.5) is 5.69 Å². The maximum absolute atomic E-state index is 12.2. The fraction of sp³-hybridized carbons (Fsp3) is 0.421. The van der Waals surface area contributed by atoms with Crippen LogP contribution in [0.1, 0.15) is 23.0 Å². The van der Waals surface area contributed by atoms with E-state index in [1.54, 1.807) is 6.07 Å². The lowest BCUT2D eigenvalue weighted by atomic mass is 10.2. The summed E-state index contributed by atoms with van der Waals surface area (Å²) in [6.45, 7) is 7.19. The molecule has 134 valence electrons. The number of piperazine rings is 1. The minimum atomic E-state index is -0.112. The van der Waals surface area contributed by atoms with Crippen molar-refractivity contribution in [2.45, 2.75) is 19.5 Å². The summed E-state index contributed by atoms with van der Waals surface area (Å²) in [4.78, 5) is 17.0. The number of anilines is 1. The molecule has 1 aromatic carbocycles. The van der Waals surface area contributed by atoms with E-state index in [1.165, 1.54) is 12.0 Å². The summed E-state index contributed by atoms with van der Waals surface area (Å²) in [5, 5.41) is 3.03. The van der Waals surface area contributed by atoms with Gasteiger partial charge < -0.3 is 20.4 Å². The Morgan fingerprint density at radius 3 is 2.60 bits per heavy atom. The van der Waals surface area contributed by atoms with Crippen molar-refractivity contribution in [3.8, 4) is 0 Å². The molecule has 25 heavy (non-hydrogen) atoms. The van der Waals surface area contributed by atoms with Crippen LogP contribution in [-0.4, -0.2) is 49.6 Å². The van der Waals surface area contributed by atoms with Gasteiger partial charge >= 0.3 is 0 Å². The van der Waals surface area contributed by atoms with Crippen molar-refractivity contribution < 1.29 is 9.21 Å². The Balaban J connectivity index is 1.44. The predicted octanol–water partition coefficient (Wildman–Crippen LogP) is 1.68. The molecule has 1 aliphatic rings. The molecule has 6 nitrogen and oxygen atoms in total. The quantitative estimate of drug-likeness (QED) is 0.835. The minimum Gasteiger partial charge on any atom is -0.467 e. The zero-order chi connectivity index (χ0) is 17.6. The number of nitrogens with two attached hydrogens (primary N) is 1. The van der Waals surface area contributed by atoms with Crippen molar-refractivity contribution in [1.82, 2.24) is 10.2 Å². The molecule has 0 aliphatic carbocycles. The lowest BCUT2D eigenvalue weighted by molar-refractivity contribution is 0.0927. The van der Waals surface area contributed by atoms with Crippen LogP contribution in [0.3, 0.4) is 0 Å². The number of carbonyl (C=O) groups is 1. The largest absolute Gasteiger partial charge is 0.467 e. The number of hydrogen-bond acceptors (Lipinski definition) is 5. The third-order valence-electron chi connectivity index (χ3n) is 4.52. The van der Waals surface area contributed by atoms with Crippen LogP contribution in [0.5, 0.6) is 0 Å². The topological polar surface area (TPSA) is 74.7 Å². The SMILES string of the molecule is CC(CN1CCN(c2ccccc2)CC1)NC(=O)c1coc(CN)c1. The van der Waals surface area contributed by atoms with Crippen LogP contribution in [0, 0.1) is 0 Å². The molecular weight excluding hydrogens is 316 g/mol. The highest BCUT2D eigenvalue weighted by molar-refractivity contribution is 5.94. The fourth-order valence-corrected chi connectivity index (χ4v) is 3.17. The van der Waals surface area contributed by atoms with Crippen molar-refractivity contribution in [3.63, 3.8) is 0 Å². The summed E-state index contributed by atoms with van der Waals surface area (Å²) in [5.41, 5.74) is 7.31. The van der Waals surface area contributed by atoms with Crippen LogP contribution < -0.4 is 16.0 Å². The molecule has 0 spiro atoms. The fourth-order valence-electron chi connectivity index (χ4n) is 3.17. The molecule has 2 aromatic rings. The van der Waals surface area contributed by atoms with Gasteiger partial charge in [-0.15, -0.1) is 0 Å². The third-order valence-corrected chi connectivity index (χ3v) is 4.52. The average molecular weight is 342 g/mol. The Morgan fingerprint density at radius 1 is 1.24 bits per heavy atom. The van der Waals surface area contributed by atoms with Gasteiger partial charge in [-0.2, -0.15) is 0 Å². The van der Waals surface area contributed by atoms with Gasteiger partial charge in [0.15, 0.2) is 0 Å². The van der Waals surface area contributed by atoms with Gasteiger partial charge in [0.25, 0.3) is 5.91 Å². The average Bonchev–Trinajstić information content (AvgIpc) is 3.12. The Kier molecular flexibility index (Phi) is 5.73. The molecule has 0 saturated carbocycles. The van der Waals surface area contributed by atoms with Crippen LogP contribution in [0.2, 0.25) is 0 Å². The van der Waals surface area contributed by atoms with Gasteiger partial charge in [0, 0.05) is 44.5 Å². The molecule has 1 unspecified atom stereocenters. The molecule has 1 aromatic heterocycles. The number of benzene rings is 1. The monoisotopic (exact) mass is 342 g/mol. The summed E-state index contributed by atoms with van der Waals surface area (Å²) in [6.07, 6.45) is 1.46. The van der Waals surface area contributed by atoms with Gasteiger partial charge in [-0.05, 0) is 25.1 Å². The first-order valence-electron chi connectivity index (χ1n) is 8.76. The molecule has 1 amide bonds. The summed E-state index contributed by atoms with van der Waals surface area (Å²) in [7, 11) is 0. The normalized spacial score (nSPS) is 16.6. The molecule has 1 fully saturated rings. The molecule has 6 heteroatoms. The number of nitrogens with zero attached hydrogens (tertiary/aromatic N) is 2. The van der Waals surface area contributed by atoms with Gasteiger partial charge in [0.05, 0.1) is 12.1 Å². The van der Waals surface area contributed by atoms with E-state index in [2.05, 4.69) is 39.4 Å². The third kappa shape index (κ3) is 4.61. The molecule has 1 atom stereocenters. The zero-order valence-electron chi connectivity index (χ0n) is 14.6. The molecule has 0 radical (unpaired) electrons. The molecule has 3 rings (SSSR count). The lowest BCUT2D eigenvalue weighted by Crippen LogP contribution is -2.50. The molecule has 1 saturated heterocycles. The predicted molar refractivity (Wildman–Crippen MR) is 98.6 cm³/mol. The number of hydrogen-bond donors (Lipinski definition) is 2. The standard InChI is InChI=1S/C19H26N4O2/c1-15(21-19(24)16-11-18(12-20)25-14-16)13-22-7-9-23(10-8-22)17-5-3-2-4-6-17/h2-6,11,14-15H,7-10,12-13,20H2,1H3,(H,21,24). The first-order chi connectivity index (χ1) is 12.2.